The molecular formula is C9H12N4O. The number of H-pyrrole nitrogens is 1. The summed E-state index contributed by atoms with van der Waals surface area (Å²) in [6, 6.07) is 0.438. The molecule has 2 aliphatic rings. The van der Waals surface area contributed by atoms with Gasteiger partial charge in [0.15, 0.2) is 0 Å². The monoisotopic (exact) mass is 192 g/mol. The number of nitrogens with zero attached hydrogens (tertiary/aromatic N) is 2. The topological polar surface area (TPSA) is 61.0 Å². The Hall–Kier alpha value is -1.36. The van der Waals surface area contributed by atoms with Crippen molar-refractivity contribution in [2.75, 3.05) is 6.54 Å². The lowest BCUT2D eigenvalue weighted by molar-refractivity contribution is -0.128. The van der Waals surface area contributed by atoms with Crippen molar-refractivity contribution < 1.29 is 4.79 Å². The Labute approximate surface area is 81.5 Å². The molecule has 2 N–H and O–H groups in total. The van der Waals surface area contributed by atoms with Crippen LogP contribution in [0.5, 0.6) is 0 Å². The highest BCUT2D eigenvalue weighted by Gasteiger charge is 2.42. The number of carbonyl (C=O) groups excluding carboxylic acids is 1. The van der Waals surface area contributed by atoms with Crippen LogP contribution in [0.15, 0.2) is 12.4 Å². The summed E-state index contributed by atoms with van der Waals surface area (Å²) < 4.78 is 0. The molecule has 1 amide bonds. The van der Waals surface area contributed by atoms with Gasteiger partial charge in [-0.1, -0.05) is 0 Å². The second kappa shape index (κ2) is 2.81. The van der Waals surface area contributed by atoms with E-state index < -0.39 is 0 Å². The lowest BCUT2D eigenvalue weighted by Crippen LogP contribution is -2.32. The van der Waals surface area contributed by atoms with Crippen LogP contribution in [0.25, 0.3) is 0 Å². The molecule has 1 saturated carbocycles. The molecule has 0 spiro atoms. The van der Waals surface area contributed by atoms with E-state index in [0.29, 0.717) is 12.6 Å². The number of nitrogens with one attached hydrogen (secondary N) is 2. The van der Waals surface area contributed by atoms with E-state index in [0.717, 1.165) is 18.7 Å². The minimum atomic E-state index is -0.0370. The van der Waals surface area contributed by atoms with Crippen LogP contribution in [-0.2, 0) is 4.79 Å². The van der Waals surface area contributed by atoms with E-state index >= 15 is 0 Å². The molecule has 1 unspecified atom stereocenters. The average molecular weight is 192 g/mol. The molecule has 14 heavy (non-hydrogen) atoms. The molecule has 1 aromatic rings. The van der Waals surface area contributed by atoms with Gasteiger partial charge in [-0.25, -0.2) is 4.98 Å². The standard InChI is InChI=1S/C9H12N4O/c14-7-5-12-9(8-10-3-4-11-8)13(7)6-1-2-6/h3-4,6,9,12H,1-2,5H2,(H,10,11). The molecule has 1 saturated heterocycles. The SMILES string of the molecule is O=C1CNC(c2ncc[nH]2)N1C1CC1. The maximum atomic E-state index is 11.6. The van der Waals surface area contributed by atoms with Crippen molar-refractivity contribution in [3.8, 4) is 0 Å². The van der Waals surface area contributed by atoms with Crippen LogP contribution >= 0.6 is 0 Å². The van der Waals surface area contributed by atoms with Crippen LogP contribution in [0.4, 0.5) is 0 Å². The van der Waals surface area contributed by atoms with Crippen molar-refractivity contribution in [1.82, 2.24) is 20.2 Å². The first-order chi connectivity index (χ1) is 6.86. The highest BCUT2D eigenvalue weighted by atomic mass is 16.2. The Bertz CT molecular complexity index is 344. The van der Waals surface area contributed by atoms with Crippen LogP contribution in [0.2, 0.25) is 0 Å². The van der Waals surface area contributed by atoms with Gasteiger partial charge in [-0.3, -0.25) is 10.1 Å². The number of carbonyl (C=O) groups is 1. The Morgan fingerprint density at radius 3 is 3.00 bits per heavy atom. The number of rotatable bonds is 2. The third-order valence-electron chi connectivity index (χ3n) is 2.73. The quantitative estimate of drug-likeness (QED) is 0.693. The molecule has 0 bridgehead atoms. The van der Waals surface area contributed by atoms with Gasteiger partial charge in [-0.15, -0.1) is 0 Å². The number of amides is 1. The third-order valence-corrected chi connectivity index (χ3v) is 2.73. The van der Waals surface area contributed by atoms with Crippen molar-refractivity contribution >= 4 is 5.91 Å². The summed E-state index contributed by atoms with van der Waals surface area (Å²) in [7, 11) is 0. The molecule has 2 fully saturated rings. The second-order valence-corrected chi connectivity index (χ2v) is 3.79. The minimum Gasteiger partial charge on any atom is -0.346 e. The van der Waals surface area contributed by atoms with Gasteiger partial charge in [0.1, 0.15) is 12.0 Å². The summed E-state index contributed by atoms with van der Waals surface area (Å²) >= 11 is 0. The molecule has 5 nitrogen and oxygen atoms in total. The van der Waals surface area contributed by atoms with E-state index in [1.165, 1.54) is 0 Å². The van der Waals surface area contributed by atoms with E-state index in [9.17, 15) is 4.79 Å². The largest absolute Gasteiger partial charge is 0.346 e. The van der Waals surface area contributed by atoms with Crippen LogP contribution in [-0.4, -0.2) is 33.4 Å². The molecule has 74 valence electrons. The predicted molar refractivity (Wildman–Crippen MR) is 49.2 cm³/mol. The van der Waals surface area contributed by atoms with Gasteiger partial charge >= 0.3 is 0 Å². The first kappa shape index (κ1) is 7.99. The van der Waals surface area contributed by atoms with Crippen molar-refractivity contribution in [2.45, 2.75) is 25.0 Å². The van der Waals surface area contributed by atoms with Gasteiger partial charge in [-0.05, 0) is 12.8 Å². The number of aromatic nitrogens is 2. The van der Waals surface area contributed by atoms with Gasteiger partial charge in [-0.2, -0.15) is 0 Å². The van der Waals surface area contributed by atoms with Crippen LogP contribution in [0, 0.1) is 0 Å². The molecule has 0 radical (unpaired) electrons. The predicted octanol–water partition coefficient (Wildman–Crippen LogP) is 0.00250. The van der Waals surface area contributed by atoms with E-state index in [4.69, 9.17) is 0 Å². The Morgan fingerprint density at radius 1 is 1.50 bits per heavy atom. The molecule has 0 aromatic carbocycles. The number of aromatic amines is 1. The molecule has 1 atom stereocenters. The molecule has 1 aliphatic carbocycles. The zero-order chi connectivity index (χ0) is 9.54. The molecule has 1 aliphatic heterocycles. The lowest BCUT2D eigenvalue weighted by Gasteiger charge is -2.22. The highest BCUT2D eigenvalue weighted by Crippen LogP contribution is 2.34. The van der Waals surface area contributed by atoms with E-state index in [2.05, 4.69) is 15.3 Å². The molecule has 3 rings (SSSR count). The van der Waals surface area contributed by atoms with E-state index in [1.54, 1.807) is 12.4 Å². The van der Waals surface area contributed by atoms with Gasteiger partial charge in [0.05, 0.1) is 6.54 Å². The highest BCUT2D eigenvalue weighted by molar-refractivity contribution is 5.81. The Morgan fingerprint density at radius 2 is 2.36 bits per heavy atom. The van der Waals surface area contributed by atoms with Crippen LogP contribution < -0.4 is 5.32 Å². The average Bonchev–Trinajstić information content (AvgIpc) is 2.75. The lowest BCUT2D eigenvalue weighted by atomic mass is 10.4. The molecule has 2 heterocycles. The summed E-state index contributed by atoms with van der Waals surface area (Å²) in [6.45, 7) is 0.432. The van der Waals surface area contributed by atoms with Gasteiger partial charge in [0.2, 0.25) is 5.91 Å². The summed E-state index contributed by atoms with van der Waals surface area (Å²) in [5.41, 5.74) is 0. The van der Waals surface area contributed by atoms with Crippen LogP contribution in [0.3, 0.4) is 0 Å². The molecule has 5 heteroatoms. The fraction of sp³-hybridized carbons (Fsp3) is 0.556. The number of imidazole rings is 1. The first-order valence-electron chi connectivity index (χ1n) is 4.90. The first-order valence-corrected chi connectivity index (χ1v) is 4.90. The maximum absolute atomic E-state index is 11.6. The fourth-order valence-electron chi connectivity index (χ4n) is 1.94. The zero-order valence-corrected chi connectivity index (χ0v) is 7.73. The van der Waals surface area contributed by atoms with E-state index in [1.807, 2.05) is 4.90 Å². The minimum absolute atomic E-state index is 0.0370. The normalized spacial score (nSPS) is 27.3. The van der Waals surface area contributed by atoms with E-state index in [-0.39, 0.29) is 12.1 Å². The Kier molecular flexibility index (Phi) is 1.61. The van der Waals surface area contributed by atoms with Gasteiger partial charge in [0, 0.05) is 18.4 Å². The van der Waals surface area contributed by atoms with Crippen molar-refractivity contribution in [3.63, 3.8) is 0 Å². The van der Waals surface area contributed by atoms with Crippen molar-refractivity contribution in [2.24, 2.45) is 0 Å². The number of hydrogen-bond donors (Lipinski definition) is 2. The van der Waals surface area contributed by atoms with Crippen molar-refractivity contribution in [3.05, 3.63) is 18.2 Å². The molecular weight excluding hydrogens is 180 g/mol. The maximum Gasteiger partial charge on any atom is 0.238 e. The number of hydrogen-bond acceptors (Lipinski definition) is 3. The third kappa shape index (κ3) is 1.13. The van der Waals surface area contributed by atoms with Gasteiger partial charge < -0.3 is 9.88 Å². The second-order valence-electron chi connectivity index (χ2n) is 3.79. The van der Waals surface area contributed by atoms with Gasteiger partial charge in [0.25, 0.3) is 0 Å². The summed E-state index contributed by atoms with van der Waals surface area (Å²) in [4.78, 5) is 20.7. The smallest absolute Gasteiger partial charge is 0.238 e. The Balaban J connectivity index is 1.88. The summed E-state index contributed by atoms with van der Waals surface area (Å²) in [6.07, 6.45) is 5.72. The fourth-order valence-corrected chi connectivity index (χ4v) is 1.94. The summed E-state index contributed by atoms with van der Waals surface area (Å²) in [5, 5.41) is 3.16. The molecule has 1 aromatic heterocycles. The summed E-state index contributed by atoms with van der Waals surface area (Å²) in [5.74, 6) is 1.02. The van der Waals surface area contributed by atoms with Crippen LogP contribution in [0.1, 0.15) is 24.8 Å². The van der Waals surface area contributed by atoms with Crippen molar-refractivity contribution in [1.29, 1.82) is 0 Å². The zero-order valence-electron chi connectivity index (χ0n) is 7.73.